The summed E-state index contributed by atoms with van der Waals surface area (Å²) in [6.07, 6.45) is 3.17. The van der Waals surface area contributed by atoms with Crippen molar-refractivity contribution in [1.29, 1.82) is 0 Å². The molecule has 1 aliphatic rings. The maximum absolute atomic E-state index is 12.6. The van der Waals surface area contributed by atoms with E-state index in [-0.39, 0.29) is 18.0 Å². The summed E-state index contributed by atoms with van der Waals surface area (Å²) in [6, 6.07) is 10.7. The van der Waals surface area contributed by atoms with Crippen LogP contribution >= 0.6 is 0 Å². The summed E-state index contributed by atoms with van der Waals surface area (Å²) in [7, 11) is 3.36. The van der Waals surface area contributed by atoms with E-state index in [1.165, 1.54) is 6.26 Å². The number of ether oxygens (including phenoxy) is 1. The number of likely N-dealkylation sites (tertiary alicyclic amines) is 1. The zero-order valence-corrected chi connectivity index (χ0v) is 15.7. The minimum absolute atomic E-state index is 0.0784. The van der Waals surface area contributed by atoms with Crippen LogP contribution in [-0.2, 0) is 6.54 Å². The zero-order valence-electron chi connectivity index (χ0n) is 15.7. The average Bonchev–Trinajstić information content (AvgIpc) is 3.22. The molecular formula is C20H25N3O4. The van der Waals surface area contributed by atoms with Gasteiger partial charge in [-0.15, -0.1) is 0 Å². The summed E-state index contributed by atoms with van der Waals surface area (Å²) in [5.74, 6) is 0.946. The highest BCUT2D eigenvalue weighted by atomic mass is 16.5. The minimum Gasteiger partial charge on any atom is -0.496 e. The minimum atomic E-state index is -0.168. The monoisotopic (exact) mass is 371 g/mol. The number of nitrogens with zero attached hydrogens (tertiary/aromatic N) is 2. The van der Waals surface area contributed by atoms with Crippen molar-refractivity contribution in [3.63, 3.8) is 0 Å². The fraction of sp³-hybridized carbons (Fsp3) is 0.400. The van der Waals surface area contributed by atoms with Gasteiger partial charge in [-0.3, -0.25) is 4.79 Å². The Balaban J connectivity index is 1.56. The molecule has 0 unspecified atom stereocenters. The molecule has 0 radical (unpaired) electrons. The van der Waals surface area contributed by atoms with Crippen molar-refractivity contribution < 1.29 is 18.7 Å². The van der Waals surface area contributed by atoms with Crippen molar-refractivity contribution in [2.45, 2.75) is 25.4 Å². The first kappa shape index (κ1) is 18.8. The Bertz CT molecular complexity index is 775. The number of piperidine rings is 1. The third kappa shape index (κ3) is 4.61. The molecule has 7 nitrogen and oxygen atoms in total. The van der Waals surface area contributed by atoms with Gasteiger partial charge in [0, 0.05) is 31.7 Å². The summed E-state index contributed by atoms with van der Waals surface area (Å²) < 4.78 is 10.5. The van der Waals surface area contributed by atoms with Crippen LogP contribution in [0.4, 0.5) is 4.79 Å². The number of rotatable bonds is 5. The third-order valence-corrected chi connectivity index (χ3v) is 4.71. The van der Waals surface area contributed by atoms with Gasteiger partial charge in [0.15, 0.2) is 5.76 Å². The number of para-hydroxylation sites is 1. The Morgan fingerprint density at radius 3 is 2.85 bits per heavy atom. The number of benzene rings is 1. The van der Waals surface area contributed by atoms with Crippen molar-refractivity contribution in [2.24, 2.45) is 0 Å². The lowest BCUT2D eigenvalue weighted by Gasteiger charge is -2.33. The van der Waals surface area contributed by atoms with Gasteiger partial charge in [0.25, 0.3) is 5.91 Å². The van der Waals surface area contributed by atoms with Gasteiger partial charge in [-0.05, 0) is 31.0 Å². The Hall–Kier alpha value is -2.96. The van der Waals surface area contributed by atoms with Gasteiger partial charge in [-0.25, -0.2) is 4.79 Å². The predicted molar refractivity (Wildman–Crippen MR) is 101 cm³/mol. The molecule has 1 atom stereocenters. The van der Waals surface area contributed by atoms with Crippen LogP contribution in [0.25, 0.3) is 0 Å². The highest BCUT2D eigenvalue weighted by molar-refractivity contribution is 5.91. The average molecular weight is 371 g/mol. The van der Waals surface area contributed by atoms with E-state index in [0.29, 0.717) is 25.4 Å². The summed E-state index contributed by atoms with van der Waals surface area (Å²) >= 11 is 0. The molecule has 2 heterocycles. The van der Waals surface area contributed by atoms with Crippen molar-refractivity contribution in [2.75, 3.05) is 27.2 Å². The largest absolute Gasteiger partial charge is 0.496 e. The van der Waals surface area contributed by atoms with Crippen molar-refractivity contribution in [3.8, 4) is 5.75 Å². The molecular weight excluding hydrogens is 346 g/mol. The van der Waals surface area contributed by atoms with Crippen LogP contribution in [0.5, 0.6) is 5.75 Å². The fourth-order valence-corrected chi connectivity index (χ4v) is 3.28. The zero-order chi connectivity index (χ0) is 19.2. The van der Waals surface area contributed by atoms with Crippen molar-refractivity contribution in [1.82, 2.24) is 15.1 Å². The molecule has 2 aromatic rings. The number of nitrogens with one attached hydrogen (secondary N) is 1. The molecule has 1 fully saturated rings. The van der Waals surface area contributed by atoms with Crippen LogP contribution in [0, 0.1) is 0 Å². The molecule has 0 bridgehead atoms. The molecule has 3 rings (SSSR count). The van der Waals surface area contributed by atoms with E-state index in [4.69, 9.17) is 9.15 Å². The molecule has 1 N–H and O–H groups in total. The van der Waals surface area contributed by atoms with Gasteiger partial charge in [-0.2, -0.15) is 0 Å². The SMILES string of the molecule is COc1ccccc1CN(C)C(=O)N[C@H]1CCCN(C(=O)c2ccco2)C1. The molecule has 1 aliphatic heterocycles. The van der Waals surface area contributed by atoms with Crippen LogP contribution in [0.2, 0.25) is 0 Å². The van der Waals surface area contributed by atoms with E-state index in [1.807, 2.05) is 24.3 Å². The fourth-order valence-electron chi connectivity index (χ4n) is 3.28. The van der Waals surface area contributed by atoms with E-state index in [2.05, 4.69) is 5.32 Å². The first-order valence-electron chi connectivity index (χ1n) is 9.04. The second-order valence-electron chi connectivity index (χ2n) is 6.69. The maximum atomic E-state index is 12.6. The normalized spacial score (nSPS) is 16.7. The topological polar surface area (TPSA) is 75.0 Å². The van der Waals surface area contributed by atoms with Crippen molar-refractivity contribution >= 4 is 11.9 Å². The first-order valence-corrected chi connectivity index (χ1v) is 9.04. The summed E-state index contributed by atoms with van der Waals surface area (Å²) in [6.45, 7) is 1.59. The number of furan rings is 1. The number of amides is 3. The van der Waals surface area contributed by atoms with Gasteiger partial charge < -0.3 is 24.3 Å². The van der Waals surface area contributed by atoms with E-state index in [1.54, 1.807) is 36.1 Å². The molecule has 1 aromatic heterocycles. The highest BCUT2D eigenvalue weighted by Gasteiger charge is 2.27. The molecule has 0 aliphatic carbocycles. The second-order valence-corrected chi connectivity index (χ2v) is 6.69. The lowest BCUT2D eigenvalue weighted by Crippen LogP contribution is -2.52. The molecule has 0 spiro atoms. The molecule has 1 aromatic carbocycles. The standard InChI is InChI=1S/C20H25N3O4/c1-22(13-15-7-3-4-9-17(15)26-2)20(25)21-16-8-5-11-23(14-16)19(24)18-10-6-12-27-18/h3-4,6-7,9-10,12,16H,5,8,11,13-14H2,1-2H3,(H,21,25)/t16-/m0/s1. The Morgan fingerprint density at radius 1 is 1.30 bits per heavy atom. The van der Waals surface area contributed by atoms with Crippen LogP contribution in [-0.4, -0.2) is 55.0 Å². The van der Waals surface area contributed by atoms with Crippen molar-refractivity contribution in [3.05, 3.63) is 54.0 Å². The molecule has 1 saturated heterocycles. The van der Waals surface area contributed by atoms with Gasteiger partial charge in [0.2, 0.25) is 0 Å². The highest BCUT2D eigenvalue weighted by Crippen LogP contribution is 2.19. The Morgan fingerprint density at radius 2 is 2.11 bits per heavy atom. The number of urea groups is 1. The van der Waals surface area contributed by atoms with E-state index >= 15 is 0 Å². The number of carbonyl (C=O) groups excluding carboxylic acids is 2. The number of hydrogen-bond donors (Lipinski definition) is 1. The van der Waals surface area contributed by atoms with E-state index in [9.17, 15) is 9.59 Å². The Kier molecular flexibility index (Phi) is 6.01. The summed E-state index contributed by atoms with van der Waals surface area (Å²) in [5.41, 5.74) is 0.941. The summed E-state index contributed by atoms with van der Waals surface area (Å²) in [5, 5.41) is 3.03. The van der Waals surface area contributed by atoms with Crippen LogP contribution in [0.15, 0.2) is 47.1 Å². The molecule has 3 amide bonds. The number of carbonyl (C=O) groups is 2. The van der Waals surface area contributed by atoms with Gasteiger partial charge in [-0.1, -0.05) is 18.2 Å². The van der Waals surface area contributed by atoms with E-state index < -0.39 is 0 Å². The summed E-state index contributed by atoms with van der Waals surface area (Å²) in [4.78, 5) is 28.4. The maximum Gasteiger partial charge on any atom is 0.317 e. The smallest absolute Gasteiger partial charge is 0.317 e. The molecule has 0 saturated carbocycles. The number of methoxy groups -OCH3 is 1. The van der Waals surface area contributed by atoms with Crippen LogP contribution in [0.3, 0.4) is 0 Å². The quantitative estimate of drug-likeness (QED) is 0.877. The van der Waals surface area contributed by atoms with Gasteiger partial charge in [0.05, 0.1) is 19.9 Å². The molecule has 7 heteroatoms. The first-order chi connectivity index (χ1) is 13.1. The molecule has 144 valence electrons. The van der Waals surface area contributed by atoms with Gasteiger partial charge in [0.1, 0.15) is 5.75 Å². The third-order valence-electron chi connectivity index (χ3n) is 4.71. The Labute approximate surface area is 158 Å². The van der Waals surface area contributed by atoms with Crippen LogP contribution < -0.4 is 10.1 Å². The number of hydrogen-bond acceptors (Lipinski definition) is 4. The lowest BCUT2D eigenvalue weighted by atomic mass is 10.1. The van der Waals surface area contributed by atoms with E-state index in [0.717, 1.165) is 24.2 Å². The lowest BCUT2D eigenvalue weighted by molar-refractivity contribution is 0.0663. The predicted octanol–water partition coefficient (Wildman–Crippen LogP) is 2.73. The second kappa shape index (κ2) is 8.62. The van der Waals surface area contributed by atoms with Gasteiger partial charge >= 0.3 is 6.03 Å². The molecule has 27 heavy (non-hydrogen) atoms. The van der Waals surface area contributed by atoms with Crippen LogP contribution in [0.1, 0.15) is 29.0 Å².